The van der Waals surface area contributed by atoms with Gasteiger partial charge in [-0.1, -0.05) is 45.9 Å². The summed E-state index contributed by atoms with van der Waals surface area (Å²) in [6.07, 6.45) is 5.03. The van der Waals surface area contributed by atoms with Crippen LogP contribution in [0.2, 0.25) is 0 Å². The molecule has 0 heterocycles. The molecule has 0 N–H and O–H groups in total. The molecule has 2 aromatic carbocycles. The van der Waals surface area contributed by atoms with E-state index in [2.05, 4.69) is 66.7 Å². The molecule has 3 atom stereocenters. The van der Waals surface area contributed by atoms with Gasteiger partial charge in [0.05, 0.1) is 0 Å². The van der Waals surface area contributed by atoms with Gasteiger partial charge in [0.1, 0.15) is 0 Å². The Morgan fingerprint density at radius 1 is 0.815 bits per heavy atom. The molecule has 0 saturated carbocycles. The average Bonchev–Trinajstić information content (AvgIpc) is 2.59. The highest BCUT2D eigenvalue weighted by Gasteiger charge is 2.38. The molecule has 140 valence electrons. The summed E-state index contributed by atoms with van der Waals surface area (Å²) in [6.45, 7) is 16.6. The third-order valence-electron chi connectivity index (χ3n) is 8.01. The first-order chi connectivity index (χ1) is 12.8. The van der Waals surface area contributed by atoms with Crippen LogP contribution >= 0.6 is 0 Å². The quantitative estimate of drug-likeness (QED) is 0.494. The number of benzene rings is 2. The van der Waals surface area contributed by atoms with Crippen molar-refractivity contribution in [3.05, 3.63) is 62.7 Å². The molecule has 0 fully saturated rings. The van der Waals surface area contributed by atoms with E-state index in [9.17, 15) is 0 Å². The molecule has 0 aliphatic heterocycles. The van der Waals surface area contributed by atoms with Crippen molar-refractivity contribution in [3.63, 3.8) is 0 Å². The van der Waals surface area contributed by atoms with Crippen LogP contribution in [-0.4, -0.2) is 0 Å². The van der Waals surface area contributed by atoms with Crippen LogP contribution in [0.5, 0.6) is 0 Å². The Bertz CT molecular complexity index is 1020. The molecule has 0 spiro atoms. The minimum Gasteiger partial charge on any atom is -0.0766 e. The zero-order valence-electron chi connectivity index (χ0n) is 18.0. The Hall–Kier alpha value is -1.82. The molecule has 0 radical (unpaired) electrons. The molecular weight excluding hydrogens is 324 g/mol. The summed E-state index contributed by atoms with van der Waals surface area (Å²) in [5.74, 6) is 2.53. The SMILES string of the molecule is Cc1c(C)c2c3c(c1C)C1=CC(C1)C(C)c1cc(C(C)C)cc(c1-3)C(C)C2. The van der Waals surface area contributed by atoms with Gasteiger partial charge in [-0.05, 0) is 118 Å². The molecule has 0 aromatic heterocycles. The molecule has 0 nitrogen and oxygen atoms in total. The van der Waals surface area contributed by atoms with Gasteiger partial charge in [0.25, 0.3) is 0 Å². The summed E-state index contributed by atoms with van der Waals surface area (Å²) < 4.78 is 0. The van der Waals surface area contributed by atoms with E-state index in [1.54, 1.807) is 39.0 Å². The zero-order chi connectivity index (χ0) is 19.2. The topological polar surface area (TPSA) is 0 Å². The smallest absolute Gasteiger partial charge is 0.00652 e. The maximum Gasteiger partial charge on any atom is -0.00652 e. The summed E-state index contributed by atoms with van der Waals surface area (Å²) in [7, 11) is 0. The highest BCUT2D eigenvalue weighted by Crippen LogP contribution is 2.56. The zero-order valence-corrected chi connectivity index (χ0v) is 18.0. The molecule has 2 bridgehead atoms. The summed E-state index contributed by atoms with van der Waals surface area (Å²) in [5, 5.41) is 0. The summed E-state index contributed by atoms with van der Waals surface area (Å²) in [6, 6.07) is 5.10. The van der Waals surface area contributed by atoms with Crippen molar-refractivity contribution in [2.24, 2.45) is 5.92 Å². The Balaban J connectivity index is 1.97. The standard InChI is InChI=1S/C27H32/c1-13(2)19-11-22-14(3)8-23-16(5)15(4)17(6)25-21-9-20(10-21)18(7)24(12-19)26(22)27(23)25/h9,11-14,18,20H,8,10H2,1-7H3. The lowest BCUT2D eigenvalue weighted by Crippen LogP contribution is -2.25. The molecule has 27 heavy (non-hydrogen) atoms. The molecular formula is C27H32. The predicted octanol–water partition coefficient (Wildman–Crippen LogP) is 7.58. The van der Waals surface area contributed by atoms with Gasteiger partial charge in [-0.25, -0.2) is 0 Å². The lowest BCUT2D eigenvalue weighted by atomic mass is 9.62. The minimum atomic E-state index is 0.589. The van der Waals surface area contributed by atoms with E-state index < -0.39 is 0 Å². The lowest BCUT2D eigenvalue weighted by molar-refractivity contribution is 0.518. The molecule has 4 aliphatic rings. The fourth-order valence-corrected chi connectivity index (χ4v) is 5.87. The summed E-state index contributed by atoms with van der Waals surface area (Å²) >= 11 is 0. The van der Waals surface area contributed by atoms with Gasteiger partial charge in [-0.2, -0.15) is 0 Å². The van der Waals surface area contributed by atoms with Crippen molar-refractivity contribution in [1.29, 1.82) is 0 Å². The maximum atomic E-state index is 2.59. The first-order valence-corrected chi connectivity index (χ1v) is 10.8. The number of allylic oxidation sites excluding steroid dienone is 2. The van der Waals surface area contributed by atoms with Crippen LogP contribution < -0.4 is 0 Å². The van der Waals surface area contributed by atoms with Crippen LogP contribution in [0.1, 0.15) is 96.4 Å². The van der Waals surface area contributed by atoms with Crippen LogP contribution in [-0.2, 0) is 6.42 Å². The maximum absolute atomic E-state index is 2.59. The van der Waals surface area contributed by atoms with E-state index in [1.165, 1.54) is 35.1 Å². The molecule has 0 heteroatoms. The van der Waals surface area contributed by atoms with E-state index in [0.29, 0.717) is 23.7 Å². The van der Waals surface area contributed by atoms with Crippen LogP contribution in [0.25, 0.3) is 16.7 Å². The van der Waals surface area contributed by atoms with Crippen molar-refractivity contribution < 1.29 is 0 Å². The largest absolute Gasteiger partial charge is 0.0766 e. The van der Waals surface area contributed by atoms with Crippen molar-refractivity contribution in [3.8, 4) is 11.1 Å². The van der Waals surface area contributed by atoms with Crippen LogP contribution in [0.4, 0.5) is 0 Å². The fourth-order valence-electron chi connectivity index (χ4n) is 5.87. The number of rotatable bonds is 1. The lowest BCUT2D eigenvalue weighted by Gasteiger charge is -2.42. The van der Waals surface area contributed by atoms with Gasteiger partial charge >= 0.3 is 0 Å². The Labute approximate surface area is 164 Å². The van der Waals surface area contributed by atoms with E-state index in [0.717, 1.165) is 0 Å². The van der Waals surface area contributed by atoms with Crippen molar-refractivity contribution in [2.75, 3.05) is 0 Å². The Kier molecular flexibility index (Phi) is 3.58. The highest BCUT2D eigenvalue weighted by molar-refractivity contribution is 5.93. The molecule has 3 unspecified atom stereocenters. The van der Waals surface area contributed by atoms with E-state index in [1.807, 2.05) is 0 Å². The van der Waals surface area contributed by atoms with Gasteiger partial charge in [-0.15, -0.1) is 0 Å². The van der Waals surface area contributed by atoms with E-state index in [4.69, 9.17) is 0 Å². The average molecular weight is 357 g/mol. The monoisotopic (exact) mass is 356 g/mol. The molecule has 4 aliphatic carbocycles. The van der Waals surface area contributed by atoms with Crippen molar-refractivity contribution in [2.45, 2.75) is 79.1 Å². The molecule has 0 amide bonds. The predicted molar refractivity (Wildman–Crippen MR) is 117 cm³/mol. The van der Waals surface area contributed by atoms with Gasteiger partial charge in [0.2, 0.25) is 0 Å². The number of hydrogen-bond acceptors (Lipinski definition) is 0. The van der Waals surface area contributed by atoms with Gasteiger partial charge in [-0.3, -0.25) is 0 Å². The van der Waals surface area contributed by atoms with Gasteiger partial charge in [0, 0.05) is 0 Å². The highest BCUT2D eigenvalue weighted by atomic mass is 14.4. The first kappa shape index (κ1) is 17.3. The normalized spacial score (nSPS) is 24.7. The first-order valence-electron chi connectivity index (χ1n) is 10.8. The summed E-state index contributed by atoms with van der Waals surface area (Å²) in [5.41, 5.74) is 17.4. The van der Waals surface area contributed by atoms with Crippen LogP contribution in [0, 0.1) is 26.7 Å². The number of hydrogen-bond donors (Lipinski definition) is 0. The summed E-state index contributed by atoms with van der Waals surface area (Å²) in [4.78, 5) is 0. The molecule has 0 saturated heterocycles. The fraction of sp³-hybridized carbons (Fsp3) is 0.481. The van der Waals surface area contributed by atoms with E-state index in [-0.39, 0.29) is 0 Å². The second-order valence-corrected chi connectivity index (χ2v) is 9.79. The van der Waals surface area contributed by atoms with Gasteiger partial charge in [0.15, 0.2) is 0 Å². The second-order valence-electron chi connectivity index (χ2n) is 9.79. The minimum absolute atomic E-state index is 0.589. The third kappa shape index (κ3) is 2.16. The van der Waals surface area contributed by atoms with E-state index >= 15 is 0 Å². The van der Waals surface area contributed by atoms with Gasteiger partial charge < -0.3 is 0 Å². The van der Waals surface area contributed by atoms with Crippen molar-refractivity contribution in [1.82, 2.24) is 0 Å². The third-order valence-corrected chi connectivity index (χ3v) is 8.01. The van der Waals surface area contributed by atoms with Crippen LogP contribution in [0.3, 0.4) is 0 Å². The Morgan fingerprint density at radius 2 is 1.48 bits per heavy atom. The molecule has 6 rings (SSSR count). The van der Waals surface area contributed by atoms with Crippen molar-refractivity contribution >= 4 is 5.57 Å². The Morgan fingerprint density at radius 3 is 2.15 bits per heavy atom. The second kappa shape index (κ2) is 5.60. The van der Waals surface area contributed by atoms with Crippen LogP contribution in [0.15, 0.2) is 18.2 Å². The molecule has 2 aromatic rings.